The summed E-state index contributed by atoms with van der Waals surface area (Å²) in [4.78, 5) is 4.28. The number of hydrogen-bond acceptors (Lipinski definition) is 5. The van der Waals surface area contributed by atoms with Crippen LogP contribution in [0.5, 0.6) is 5.88 Å². The highest BCUT2D eigenvalue weighted by Crippen LogP contribution is 2.36. The Morgan fingerprint density at radius 1 is 0.821 bits per heavy atom. The van der Waals surface area contributed by atoms with Crippen molar-refractivity contribution in [2.24, 2.45) is 0 Å². The van der Waals surface area contributed by atoms with E-state index in [4.69, 9.17) is 13.9 Å². The molecule has 0 saturated heterocycles. The molecule has 0 fully saturated rings. The number of aromatic nitrogens is 1. The molecule has 1 rings (SSSR count). The molecule has 0 aliphatic rings. The number of nitrogens with zero attached hydrogens (tertiary/aromatic N) is 2. The van der Waals surface area contributed by atoms with E-state index in [0.29, 0.717) is 24.7 Å². The molecule has 0 amide bonds. The van der Waals surface area contributed by atoms with E-state index in [1.54, 1.807) is 18.3 Å². The SMILES string of the molecule is CCCCCCCCCCCCCCCCCCOC[C@H](CO[Si](C)(C)C(C)(C)C)Oc1cc(C#N)ccn1. The molecule has 0 bridgehead atoms. The molecule has 0 radical (unpaired) electrons. The molecule has 224 valence electrons. The molecule has 39 heavy (non-hydrogen) atoms. The number of hydrogen-bond donors (Lipinski definition) is 0. The van der Waals surface area contributed by atoms with Gasteiger partial charge in [-0.2, -0.15) is 5.26 Å². The van der Waals surface area contributed by atoms with E-state index in [1.165, 1.54) is 96.3 Å². The van der Waals surface area contributed by atoms with Crippen molar-refractivity contribution in [3.63, 3.8) is 0 Å². The zero-order valence-corrected chi connectivity index (χ0v) is 27.4. The molecule has 0 saturated carbocycles. The zero-order valence-electron chi connectivity index (χ0n) is 26.4. The normalized spacial score (nSPS) is 12.8. The van der Waals surface area contributed by atoms with E-state index in [1.807, 2.05) is 0 Å². The highest BCUT2D eigenvalue weighted by atomic mass is 28.4. The van der Waals surface area contributed by atoms with Gasteiger partial charge >= 0.3 is 0 Å². The summed E-state index contributed by atoms with van der Waals surface area (Å²) in [6, 6.07) is 5.50. The maximum Gasteiger partial charge on any atom is 0.214 e. The second-order valence-corrected chi connectivity index (χ2v) is 17.5. The lowest BCUT2D eigenvalue weighted by Gasteiger charge is -2.37. The summed E-state index contributed by atoms with van der Waals surface area (Å²) in [5, 5.41) is 9.32. The van der Waals surface area contributed by atoms with Gasteiger partial charge < -0.3 is 13.9 Å². The molecule has 0 aromatic carbocycles. The monoisotopic (exact) mass is 560 g/mol. The Balaban J connectivity index is 2.17. The van der Waals surface area contributed by atoms with Crippen molar-refractivity contribution in [1.82, 2.24) is 4.98 Å². The first-order valence-corrected chi connectivity index (χ1v) is 18.8. The minimum atomic E-state index is -1.91. The lowest BCUT2D eigenvalue weighted by Crippen LogP contribution is -2.44. The fraction of sp³-hybridized carbons (Fsp3) is 0.818. The summed E-state index contributed by atoms with van der Waals surface area (Å²) in [6.07, 6.45) is 23.2. The molecule has 0 aliphatic carbocycles. The van der Waals surface area contributed by atoms with Crippen molar-refractivity contribution in [3.8, 4) is 11.9 Å². The molecule has 0 unspecified atom stereocenters. The third-order valence-corrected chi connectivity index (χ3v) is 12.5. The van der Waals surface area contributed by atoms with Crippen molar-refractivity contribution >= 4 is 8.32 Å². The Bertz CT molecular complexity index is 773. The molecule has 1 heterocycles. The Morgan fingerprint density at radius 3 is 1.82 bits per heavy atom. The van der Waals surface area contributed by atoms with Gasteiger partial charge in [0, 0.05) is 18.9 Å². The van der Waals surface area contributed by atoms with Gasteiger partial charge in [0.05, 0.1) is 24.8 Å². The molecule has 5 nitrogen and oxygen atoms in total. The van der Waals surface area contributed by atoms with Crippen LogP contribution in [0.2, 0.25) is 18.1 Å². The molecule has 1 aromatic rings. The van der Waals surface area contributed by atoms with Crippen LogP contribution in [0.1, 0.15) is 136 Å². The maximum absolute atomic E-state index is 9.19. The minimum absolute atomic E-state index is 0.130. The summed E-state index contributed by atoms with van der Waals surface area (Å²) in [7, 11) is -1.91. The second kappa shape index (κ2) is 21.3. The molecule has 6 heteroatoms. The molecule has 0 spiro atoms. The molecule has 1 aromatic heterocycles. The number of ether oxygens (including phenoxy) is 2. The van der Waals surface area contributed by atoms with Crippen molar-refractivity contribution < 1.29 is 13.9 Å². The van der Waals surface area contributed by atoms with E-state index < -0.39 is 8.32 Å². The number of pyridine rings is 1. The van der Waals surface area contributed by atoms with Gasteiger partial charge in [0.1, 0.15) is 6.10 Å². The minimum Gasteiger partial charge on any atom is -0.469 e. The van der Waals surface area contributed by atoms with Crippen LogP contribution in [0.15, 0.2) is 18.3 Å². The van der Waals surface area contributed by atoms with E-state index in [-0.39, 0.29) is 11.1 Å². The average Bonchev–Trinajstić information content (AvgIpc) is 2.90. The highest BCUT2D eigenvalue weighted by Gasteiger charge is 2.37. The Hall–Kier alpha value is -1.42. The second-order valence-electron chi connectivity index (χ2n) is 12.7. The largest absolute Gasteiger partial charge is 0.469 e. The van der Waals surface area contributed by atoms with Gasteiger partial charge in [0.2, 0.25) is 5.88 Å². The number of nitriles is 1. The summed E-state index contributed by atoms with van der Waals surface area (Å²) < 4.78 is 18.5. The van der Waals surface area contributed by atoms with Gasteiger partial charge in [-0.1, -0.05) is 124 Å². The first-order valence-electron chi connectivity index (χ1n) is 15.9. The van der Waals surface area contributed by atoms with Gasteiger partial charge in [-0.05, 0) is 30.6 Å². The van der Waals surface area contributed by atoms with Crippen LogP contribution in [-0.2, 0) is 9.16 Å². The van der Waals surface area contributed by atoms with Crippen LogP contribution in [0, 0.1) is 11.3 Å². The van der Waals surface area contributed by atoms with Gasteiger partial charge in [0.25, 0.3) is 0 Å². The topological polar surface area (TPSA) is 64.4 Å². The van der Waals surface area contributed by atoms with Gasteiger partial charge in [-0.3, -0.25) is 0 Å². The standard InChI is InChI=1S/C33H60N2O3Si/c1-7-8-9-10-11-12-13-14-15-16-17-18-19-20-21-22-25-36-28-31(29-37-39(5,6)33(2,3)4)38-32-26-30(27-34)23-24-35-32/h23-24,26,31H,7-22,25,28-29H2,1-6H3/t31-/m1/s1. The van der Waals surface area contributed by atoms with Crippen molar-refractivity contribution in [1.29, 1.82) is 5.26 Å². The maximum atomic E-state index is 9.19. The fourth-order valence-corrected chi connectivity index (χ4v) is 5.35. The average molecular weight is 561 g/mol. The van der Waals surface area contributed by atoms with Crippen LogP contribution in [-0.4, -0.2) is 39.2 Å². The van der Waals surface area contributed by atoms with Crippen molar-refractivity contribution in [2.75, 3.05) is 19.8 Å². The van der Waals surface area contributed by atoms with E-state index >= 15 is 0 Å². The predicted molar refractivity (Wildman–Crippen MR) is 167 cm³/mol. The molecule has 0 N–H and O–H groups in total. The van der Waals surface area contributed by atoms with Crippen LogP contribution < -0.4 is 4.74 Å². The third-order valence-electron chi connectivity index (χ3n) is 8.03. The number of rotatable bonds is 24. The Kier molecular flexibility index (Phi) is 19.5. The van der Waals surface area contributed by atoms with Crippen LogP contribution in [0.4, 0.5) is 0 Å². The van der Waals surface area contributed by atoms with Gasteiger partial charge in [0.15, 0.2) is 8.32 Å². The molecule has 0 aliphatic heterocycles. The number of unbranched alkanes of at least 4 members (excludes halogenated alkanes) is 15. The van der Waals surface area contributed by atoms with Gasteiger partial charge in [-0.15, -0.1) is 0 Å². The lowest BCUT2D eigenvalue weighted by atomic mass is 10.0. The Morgan fingerprint density at radius 2 is 1.33 bits per heavy atom. The summed E-state index contributed by atoms with van der Waals surface area (Å²) in [5.41, 5.74) is 0.540. The van der Waals surface area contributed by atoms with E-state index in [0.717, 1.165) is 13.0 Å². The third kappa shape index (κ3) is 17.8. The van der Waals surface area contributed by atoms with Crippen molar-refractivity contribution in [2.45, 2.75) is 155 Å². The predicted octanol–water partition coefficient (Wildman–Crippen LogP) is 10.0. The summed E-state index contributed by atoms with van der Waals surface area (Å²) in [5.74, 6) is 0.448. The first-order chi connectivity index (χ1) is 18.7. The summed E-state index contributed by atoms with van der Waals surface area (Å²) >= 11 is 0. The first kappa shape index (κ1) is 35.6. The van der Waals surface area contributed by atoms with Crippen LogP contribution >= 0.6 is 0 Å². The quantitative estimate of drug-likeness (QED) is 0.0929. The van der Waals surface area contributed by atoms with Gasteiger partial charge in [-0.25, -0.2) is 4.98 Å². The van der Waals surface area contributed by atoms with Crippen molar-refractivity contribution in [3.05, 3.63) is 23.9 Å². The fourth-order valence-electron chi connectivity index (χ4n) is 4.32. The summed E-state index contributed by atoms with van der Waals surface area (Å²) in [6.45, 7) is 15.2. The van der Waals surface area contributed by atoms with Crippen LogP contribution in [0.3, 0.4) is 0 Å². The van der Waals surface area contributed by atoms with Crippen LogP contribution in [0.25, 0.3) is 0 Å². The highest BCUT2D eigenvalue weighted by molar-refractivity contribution is 6.74. The molecule has 1 atom stereocenters. The lowest BCUT2D eigenvalue weighted by molar-refractivity contribution is 0.0194. The molecular weight excluding hydrogens is 500 g/mol. The Labute approximate surface area is 242 Å². The zero-order chi connectivity index (χ0) is 28.8. The van der Waals surface area contributed by atoms with E-state index in [2.05, 4.69) is 51.8 Å². The van der Waals surface area contributed by atoms with E-state index in [9.17, 15) is 5.26 Å². The molecular formula is C33H60N2O3Si. The smallest absolute Gasteiger partial charge is 0.214 e.